The van der Waals surface area contributed by atoms with Crippen LogP contribution in [-0.2, 0) is 6.42 Å². The van der Waals surface area contributed by atoms with Crippen LogP contribution < -0.4 is 20.1 Å². The highest BCUT2D eigenvalue weighted by atomic mass is 127. The van der Waals surface area contributed by atoms with E-state index in [2.05, 4.69) is 33.5 Å². The number of guanidine groups is 1. The van der Waals surface area contributed by atoms with E-state index >= 15 is 0 Å². The molecular formula is C21H37IN4O2. The maximum absolute atomic E-state index is 5.36. The molecule has 1 aliphatic rings. The minimum Gasteiger partial charge on any atom is -0.493 e. The van der Waals surface area contributed by atoms with Crippen LogP contribution in [0.15, 0.2) is 23.2 Å². The first kappa shape index (κ1) is 24.8. The van der Waals surface area contributed by atoms with Crippen molar-refractivity contribution in [2.24, 2.45) is 4.99 Å². The highest BCUT2D eigenvalue weighted by Crippen LogP contribution is 2.27. The van der Waals surface area contributed by atoms with Crippen LogP contribution in [0.2, 0.25) is 0 Å². The molecule has 0 amide bonds. The maximum Gasteiger partial charge on any atom is 0.190 e. The molecule has 1 aromatic carbocycles. The zero-order valence-corrected chi connectivity index (χ0v) is 20.1. The smallest absolute Gasteiger partial charge is 0.190 e. The Morgan fingerprint density at radius 3 is 2.57 bits per heavy atom. The van der Waals surface area contributed by atoms with E-state index in [-0.39, 0.29) is 24.0 Å². The van der Waals surface area contributed by atoms with Gasteiger partial charge in [0.05, 0.1) is 14.2 Å². The molecule has 1 unspecified atom stereocenters. The second-order valence-corrected chi connectivity index (χ2v) is 7.10. The van der Waals surface area contributed by atoms with Crippen molar-refractivity contribution in [1.82, 2.24) is 15.5 Å². The predicted octanol–water partition coefficient (Wildman–Crippen LogP) is 3.29. The standard InChI is InChI=1S/C21H36N4O2.HI/c1-17-8-5-6-14-25(17)15-7-12-23-21(22-2)24-13-11-18-9-10-19(26-3)20(16-18)27-4;/h9-10,16-17H,5-8,11-15H2,1-4H3,(H2,22,23,24);1H. The van der Waals surface area contributed by atoms with Gasteiger partial charge < -0.3 is 25.0 Å². The molecule has 1 heterocycles. The topological polar surface area (TPSA) is 58.1 Å². The zero-order chi connectivity index (χ0) is 19.5. The van der Waals surface area contributed by atoms with Crippen molar-refractivity contribution >= 4 is 29.9 Å². The Balaban J connectivity index is 0.00000392. The van der Waals surface area contributed by atoms with Crippen LogP contribution in [0, 0.1) is 0 Å². The third-order valence-corrected chi connectivity index (χ3v) is 5.23. The average Bonchev–Trinajstić information content (AvgIpc) is 2.70. The number of nitrogens with zero attached hydrogens (tertiary/aromatic N) is 2. The molecular weight excluding hydrogens is 467 g/mol. The van der Waals surface area contributed by atoms with Gasteiger partial charge in [0.1, 0.15) is 0 Å². The predicted molar refractivity (Wildman–Crippen MR) is 128 cm³/mol. The minimum absolute atomic E-state index is 0. The molecule has 0 spiro atoms. The molecule has 0 saturated carbocycles. The van der Waals surface area contributed by atoms with Gasteiger partial charge in [-0.3, -0.25) is 4.99 Å². The number of rotatable bonds is 9. The Morgan fingerprint density at radius 1 is 1.14 bits per heavy atom. The van der Waals surface area contributed by atoms with Crippen LogP contribution in [0.1, 0.15) is 38.2 Å². The lowest BCUT2D eigenvalue weighted by Crippen LogP contribution is -2.41. The van der Waals surface area contributed by atoms with Crippen LogP contribution >= 0.6 is 24.0 Å². The van der Waals surface area contributed by atoms with E-state index in [4.69, 9.17) is 9.47 Å². The third-order valence-electron chi connectivity index (χ3n) is 5.23. The molecule has 28 heavy (non-hydrogen) atoms. The van der Waals surface area contributed by atoms with Crippen molar-refractivity contribution in [2.45, 2.75) is 45.1 Å². The van der Waals surface area contributed by atoms with E-state index in [1.54, 1.807) is 14.2 Å². The summed E-state index contributed by atoms with van der Waals surface area (Å²) < 4.78 is 10.6. The summed E-state index contributed by atoms with van der Waals surface area (Å²) in [5.41, 5.74) is 1.20. The first-order valence-corrected chi connectivity index (χ1v) is 10.1. The molecule has 0 radical (unpaired) electrons. The van der Waals surface area contributed by atoms with Gasteiger partial charge in [0.25, 0.3) is 0 Å². The Morgan fingerprint density at radius 2 is 1.89 bits per heavy atom. The van der Waals surface area contributed by atoms with Crippen LogP contribution in [0.25, 0.3) is 0 Å². The molecule has 160 valence electrons. The second-order valence-electron chi connectivity index (χ2n) is 7.10. The minimum atomic E-state index is 0. The molecule has 0 bridgehead atoms. The quantitative estimate of drug-likeness (QED) is 0.234. The van der Waals surface area contributed by atoms with Crippen molar-refractivity contribution in [3.63, 3.8) is 0 Å². The molecule has 7 heteroatoms. The van der Waals surface area contributed by atoms with Crippen LogP contribution in [-0.4, -0.2) is 64.3 Å². The van der Waals surface area contributed by atoms with Crippen LogP contribution in [0.3, 0.4) is 0 Å². The fraction of sp³-hybridized carbons (Fsp3) is 0.667. The number of piperidine rings is 1. The summed E-state index contributed by atoms with van der Waals surface area (Å²) in [6.45, 7) is 6.52. The highest BCUT2D eigenvalue weighted by molar-refractivity contribution is 14.0. The van der Waals surface area contributed by atoms with Crippen molar-refractivity contribution in [1.29, 1.82) is 0 Å². The molecule has 1 aromatic rings. The van der Waals surface area contributed by atoms with E-state index in [0.717, 1.165) is 56.0 Å². The first-order chi connectivity index (χ1) is 13.2. The summed E-state index contributed by atoms with van der Waals surface area (Å²) in [4.78, 5) is 6.93. The monoisotopic (exact) mass is 504 g/mol. The van der Waals surface area contributed by atoms with Crippen molar-refractivity contribution in [2.75, 3.05) is 47.4 Å². The third kappa shape index (κ3) is 8.03. The van der Waals surface area contributed by atoms with Gasteiger partial charge >= 0.3 is 0 Å². The van der Waals surface area contributed by atoms with Crippen LogP contribution in [0.4, 0.5) is 0 Å². The normalized spacial score (nSPS) is 17.6. The Bertz CT molecular complexity index is 598. The molecule has 0 aromatic heterocycles. The number of benzene rings is 1. The summed E-state index contributed by atoms with van der Waals surface area (Å²) in [6, 6.07) is 6.77. The number of likely N-dealkylation sites (tertiary alicyclic amines) is 1. The largest absolute Gasteiger partial charge is 0.493 e. The number of hydrogen-bond acceptors (Lipinski definition) is 4. The van der Waals surface area contributed by atoms with E-state index in [0.29, 0.717) is 0 Å². The summed E-state index contributed by atoms with van der Waals surface area (Å²) in [7, 11) is 5.13. The van der Waals surface area contributed by atoms with Gasteiger partial charge in [0.2, 0.25) is 0 Å². The molecule has 1 fully saturated rings. The van der Waals surface area contributed by atoms with Gasteiger partial charge in [-0.1, -0.05) is 12.5 Å². The number of ether oxygens (including phenoxy) is 2. The lowest BCUT2D eigenvalue weighted by Gasteiger charge is -2.33. The number of methoxy groups -OCH3 is 2. The Hall–Kier alpha value is -1.22. The molecule has 6 nitrogen and oxygen atoms in total. The molecule has 1 saturated heterocycles. The van der Waals surface area contributed by atoms with Crippen molar-refractivity contribution in [3.8, 4) is 11.5 Å². The average molecular weight is 504 g/mol. The van der Waals surface area contributed by atoms with Gasteiger partial charge in [-0.15, -0.1) is 24.0 Å². The molecule has 1 aliphatic heterocycles. The Labute approximate surface area is 187 Å². The maximum atomic E-state index is 5.36. The van der Waals surface area contributed by atoms with Crippen LogP contribution in [0.5, 0.6) is 11.5 Å². The van der Waals surface area contributed by atoms with Gasteiger partial charge in [0, 0.05) is 32.7 Å². The van der Waals surface area contributed by atoms with E-state index in [1.807, 2.05) is 19.2 Å². The summed E-state index contributed by atoms with van der Waals surface area (Å²) in [5, 5.41) is 6.80. The molecule has 2 N–H and O–H groups in total. The summed E-state index contributed by atoms with van der Waals surface area (Å²) >= 11 is 0. The van der Waals surface area contributed by atoms with Crippen molar-refractivity contribution in [3.05, 3.63) is 23.8 Å². The lowest BCUT2D eigenvalue weighted by molar-refractivity contribution is 0.159. The SMILES string of the molecule is CN=C(NCCCN1CCCCC1C)NCCc1ccc(OC)c(OC)c1.I. The summed E-state index contributed by atoms with van der Waals surface area (Å²) in [6.07, 6.45) is 6.10. The molecule has 1 atom stereocenters. The van der Waals surface area contributed by atoms with E-state index in [9.17, 15) is 0 Å². The van der Waals surface area contributed by atoms with Gasteiger partial charge in [-0.25, -0.2) is 0 Å². The zero-order valence-electron chi connectivity index (χ0n) is 17.8. The summed E-state index contributed by atoms with van der Waals surface area (Å²) in [5.74, 6) is 2.39. The number of halogens is 1. The second kappa shape index (κ2) is 13.9. The number of hydrogen-bond donors (Lipinski definition) is 2. The van der Waals surface area contributed by atoms with Gasteiger partial charge in [-0.2, -0.15) is 0 Å². The molecule has 0 aliphatic carbocycles. The van der Waals surface area contributed by atoms with E-state index < -0.39 is 0 Å². The highest BCUT2D eigenvalue weighted by Gasteiger charge is 2.17. The first-order valence-electron chi connectivity index (χ1n) is 10.1. The van der Waals surface area contributed by atoms with Gasteiger partial charge in [0.15, 0.2) is 17.5 Å². The lowest BCUT2D eigenvalue weighted by atomic mass is 10.0. The van der Waals surface area contributed by atoms with E-state index in [1.165, 1.54) is 31.4 Å². The molecule has 2 rings (SSSR count). The van der Waals surface area contributed by atoms with Crippen molar-refractivity contribution < 1.29 is 9.47 Å². The Kier molecular flexibility index (Phi) is 12.3. The number of nitrogens with one attached hydrogen (secondary N) is 2. The van der Waals surface area contributed by atoms with Gasteiger partial charge in [-0.05, 0) is 56.8 Å². The fourth-order valence-electron chi connectivity index (χ4n) is 3.56. The number of aliphatic imine (C=N–C) groups is 1. The fourth-order valence-corrected chi connectivity index (χ4v) is 3.56.